The number of benzene rings is 1. The molecule has 0 radical (unpaired) electrons. The van der Waals surface area contributed by atoms with Crippen molar-refractivity contribution in [1.29, 1.82) is 0 Å². The molecule has 2 rings (SSSR count). The zero-order chi connectivity index (χ0) is 15.1. The Bertz CT molecular complexity index is 635. The van der Waals surface area contributed by atoms with Gasteiger partial charge in [-0.25, -0.2) is 0 Å². The monoisotopic (exact) mass is 284 g/mol. The summed E-state index contributed by atoms with van der Waals surface area (Å²) in [5.41, 5.74) is 1.87. The highest BCUT2D eigenvalue weighted by Crippen LogP contribution is 2.22. The molecule has 1 aromatic carbocycles. The number of aromatic nitrogens is 1. The van der Waals surface area contributed by atoms with Crippen molar-refractivity contribution >= 4 is 17.2 Å². The summed E-state index contributed by atoms with van der Waals surface area (Å²) in [6.07, 6.45) is 2.07. The van der Waals surface area contributed by atoms with Crippen LogP contribution in [0.3, 0.4) is 0 Å². The van der Waals surface area contributed by atoms with Crippen molar-refractivity contribution in [2.45, 2.75) is 12.5 Å². The predicted molar refractivity (Wildman–Crippen MR) is 85.2 cm³/mol. The van der Waals surface area contributed by atoms with Gasteiger partial charge in [0.2, 0.25) is 0 Å². The summed E-state index contributed by atoms with van der Waals surface area (Å²) in [6.45, 7) is 0.901. The molecular weight excluding hydrogens is 264 g/mol. The fraction of sp³-hybridized carbons (Fsp3) is 0.333. The fourth-order valence-electron chi connectivity index (χ4n) is 2.05. The average Bonchev–Trinajstić information content (AvgIpc) is 2.50. The number of nitrogens with two attached hydrogens (primary N) is 1. The minimum atomic E-state index is -0.102. The van der Waals surface area contributed by atoms with Crippen LogP contribution in [-0.4, -0.2) is 36.9 Å². The maximum absolute atomic E-state index is 5.04. The molecule has 0 fully saturated rings. The molecule has 21 heavy (non-hydrogen) atoms. The number of pyridine rings is 1. The molecule has 0 aliphatic heterocycles. The number of hydrogen-bond donors (Lipinski definition) is 1. The molecule has 1 atom stereocenters. The molecule has 6 heteroatoms. The molecule has 1 unspecified atom stereocenters. The molecule has 0 aliphatic rings. The minimum Gasteiger partial charge on any atom is -0.322 e. The van der Waals surface area contributed by atoms with Crippen LogP contribution < -0.4 is 5.84 Å². The highest BCUT2D eigenvalue weighted by molar-refractivity contribution is 5.78. The largest absolute Gasteiger partial charge is 0.322 e. The third kappa shape index (κ3) is 4.32. The molecule has 0 amide bonds. The smallest absolute Gasteiger partial charge is 0.157 e. The average molecular weight is 284 g/mol. The molecular formula is C15H20N6. The quantitative estimate of drug-likeness (QED) is 0.291. The Labute approximate surface area is 124 Å². The van der Waals surface area contributed by atoms with Gasteiger partial charge in [0.15, 0.2) is 6.34 Å². The van der Waals surface area contributed by atoms with E-state index in [1.165, 1.54) is 6.34 Å². The van der Waals surface area contributed by atoms with Gasteiger partial charge in [-0.05, 0) is 32.6 Å². The van der Waals surface area contributed by atoms with Crippen molar-refractivity contribution in [1.82, 2.24) is 9.88 Å². The Morgan fingerprint density at radius 1 is 1.24 bits per heavy atom. The predicted octanol–water partition coefficient (Wildman–Crippen LogP) is 2.58. The molecule has 1 aromatic heterocycles. The van der Waals surface area contributed by atoms with E-state index in [1.807, 2.05) is 44.4 Å². The van der Waals surface area contributed by atoms with E-state index in [2.05, 4.69) is 31.3 Å². The summed E-state index contributed by atoms with van der Waals surface area (Å²) >= 11 is 0. The Hall–Kier alpha value is -2.34. The summed E-state index contributed by atoms with van der Waals surface area (Å²) < 4.78 is 0. The van der Waals surface area contributed by atoms with Crippen LogP contribution in [-0.2, 0) is 0 Å². The molecule has 6 nitrogen and oxygen atoms in total. The second-order valence-electron chi connectivity index (χ2n) is 5.03. The van der Waals surface area contributed by atoms with E-state index in [0.717, 1.165) is 29.6 Å². The van der Waals surface area contributed by atoms with Gasteiger partial charge in [0, 0.05) is 11.9 Å². The molecule has 0 bridgehead atoms. The zero-order valence-corrected chi connectivity index (χ0v) is 12.3. The number of fused-ring (bicyclic) bond motifs is 1. The van der Waals surface area contributed by atoms with Gasteiger partial charge in [-0.1, -0.05) is 24.3 Å². The van der Waals surface area contributed by atoms with E-state index < -0.39 is 0 Å². The SMILES string of the molecule is CN(C)CCC(N=NC=NN)c1ccc2ccccc2n1. The summed E-state index contributed by atoms with van der Waals surface area (Å²) in [6, 6.07) is 12.0. The van der Waals surface area contributed by atoms with Gasteiger partial charge in [0.05, 0.1) is 11.2 Å². The third-order valence-electron chi connectivity index (χ3n) is 3.14. The van der Waals surface area contributed by atoms with Gasteiger partial charge >= 0.3 is 0 Å². The highest BCUT2D eigenvalue weighted by atomic mass is 15.2. The summed E-state index contributed by atoms with van der Waals surface area (Å²) in [4.78, 5) is 6.80. The second kappa shape index (κ2) is 7.44. The van der Waals surface area contributed by atoms with Gasteiger partial charge in [0.25, 0.3) is 0 Å². The van der Waals surface area contributed by atoms with Crippen LogP contribution in [0.2, 0.25) is 0 Å². The number of azo groups is 1. The number of hydrazone groups is 1. The van der Waals surface area contributed by atoms with Gasteiger partial charge in [-0.15, -0.1) is 5.11 Å². The zero-order valence-electron chi connectivity index (χ0n) is 12.3. The van der Waals surface area contributed by atoms with Crippen molar-refractivity contribution in [3.8, 4) is 0 Å². The molecule has 0 aliphatic carbocycles. The van der Waals surface area contributed by atoms with Crippen molar-refractivity contribution in [2.75, 3.05) is 20.6 Å². The van der Waals surface area contributed by atoms with E-state index in [0.29, 0.717) is 0 Å². The first kappa shape index (κ1) is 15.1. The first-order valence-electron chi connectivity index (χ1n) is 6.83. The lowest BCUT2D eigenvalue weighted by atomic mass is 10.1. The van der Waals surface area contributed by atoms with E-state index >= 15 is 0 Å². The number of hydrogen-bond acceptors (Lipinski definition) is 5. The molecule has 110 valence electrons. The van der Waals surface area contributed by atoms with Crippen molar-refractivity contribution in [2.24, 2.45) is 21.2 Å². The lowest BCUT2D eigenvalue weighted by Crippen LogP contribution is -2.15. The third-order valence-corrected chi connectivity index (χ3v) is 3.14. The number of rotatable bonds is 6. The molecule has 0 saturated heterocycles. The van der Waals surface area contributed by atoms with Crippen LogP contribution in [0, 0.1) is 0 Å². The van der Waals surface area contributed by atoms with Crippen molar-refractivity contribution in [3.63, 3.8) is 0 Å². The Morgan fingerprint density at radius 3 is 2.81 bits per heavy atom. The van der Waals surface area contributed by atoms with Gasteiger partial charge < -0.3 is 10.7 Å². The maximum atomic E-state index is 5.04. The first-order valence-corrected chi connectivity index (χ1v) is 6.83. The van der Waals surface area contributed by atoms with Crippen molar-refractivity contribution in [3.05, 3.63) is 42.1 Å². The normalized spacial score (nSPS) is 13.7. The molecule has 0 spiro atoms. The van der Waals surface area contributed by atoms with Crippen LogP contribution in [0.1, 0.15) is 18.2 Å². The molecule has 2 N–H and O–H groups in total. The lowest BCUT2D eigenvalue weighted by molar-refractivity contribution is 0.379. The van der Waals surface area contributed by atoms with Gasteiger partial charge in [0.1, 0.15) is 6.04 Å². The van der Waals surface area contributed by atoms with Crippen LogP contribution in [0.25, 0.3) is 10.9 Å². The number of nitrogens with zero attached hydrogens (tertiary/aromatic N) is 5. The fourth-order valence-corrected chi connectivity index (χ4v) is 2.05. The molecule has 2 aromatic rings. The maximum Gasteiger partial charge on any atom is 0.157 e. The first-order chi connectivity index (χ1) is 10.2. The second-order valence-corrected chi connectivity index (χ2v) is 5.03. The van der Waals surface area contributed by atoms with E-state index in [1.54, 1.807) is 0 Å². The van der Waals surface area contributed by atoms with E-state index in [9.17, 15) is 0 Å². The van der Waals surface area contributed by atoms with Gasteiger partial charge in [-0.3, -0.25) is 4.98 Å². The minimum absolute atomic E-state index is 0.102. The van der Waals surface area contributed by atoms with E-state index in [-0.39, 0.29) is 6.04 Å². The number of para-hydroxylation sites is 1. The standard InChI is InChI=1S/C15H20N6/c1-21(2)10-9-15(20-18-11-17-16)14-8-7-12-5-3-4-6-13(12)19-14/h3-8,11,15H,9-10,16H2,1-2H3. The summed E-state index contributed by atoms with van der Waals surface area (Å²) in [7, 11) is 4.06. The summed E-state index contributed by atoms with van der Waals surface area (Å²) in [5, 5.41) is 12.6. The van der Waals surface area contributed by atoms with Gasteiger partial charge in [-0.2, -0.15) is 10.2 Å². The molecule has 0 saturated carbocycles. The topological polar surface area (TPSA) is 79.2 Å². The Kier molecular flexibility index (Phi) is 5.34. The summed E-state index contributed by atoms with van der Waals surface area (Å²) in [5.74, 6) is 5.04. The Morgan fingerprint density at radius 2 is 2.05 bits per heavy atom. The molecule has 1 heterocycles. The highest BCUT2D eigenvalue weighted by Gasteiger charge is 2.13. The van der Waals surface area contributed by atoms with Crippen LogP contribution in [0.15, 0.2) is 51.7 Å². The lowest BCUT2D eigenvalue weighted by Gasteiger charge is -2.14. The van der Waals surface area contributed by atoms with Crippen molar-refractivity contribution < 1.29 is 0 Å². The van der Waals surface area contributed by atoms with Crippen LogP contribution >= 0.6 is 0 Å². The van der Waals surface area contributed by atoms with Crippen LogP contribution in [0.4, 0.5) is 0 Å². The van der Waals surface area contributed by atoms with E-state index in [4.69, 9.17) is 5.84 Å². The van der Waals surface area contributed by atoms with Crippen LogP contribution in [0.5, 0.6) is 0 Å². The Balaban J connectivity index is 2.27.